The van der Waals surface area contributed by atoms with E-state index >= 15 is 0 Å². The lowest BCUT2D eigenvalue weighted by Crippen LogP contribution is -2.19. The van der Waals surface area contributed by atoms with Crippen LogP contribution in [-0.2, 0) is 15.3 Å². The van der Waals surface area contributed by atoms with Crippen LogP contribution in [0.15, 0.2) is 22.7 Å². The SMILES string of the molecule is CC(C)(O)c1cc(Br)cc(C(N)CC(=O)OF)c1. The van der Waals surface area contributed by atoms with Gasteiger partial charge in [-0.05, 0) is 37.1 Å². The zero-order chi connectivity index (χ0) is 13.9. The van der Waals surface area contributed by atoms with Gasteiger partial charge >= 0.3 is 5.97 Å². The first-order valence-electron chi connectivity index (χ1n) is 5.34. The molecule has 0 aromatic heterocycles. The van der Waals surface area contributed by atoms with Gasteiger partial charge in [0, 0.05) is 15.0 Å². The fourth-order valence-electron chi connectivity index (χ4n) is 1.51. The molecule has 6 heteroatoms. The summed E-state index contributed by atoms with van der Waals surface area (Å²) in [5, 5.41) is 9.93. The van der Waals surface area contributed by atoms with E-state index in [9.17, 15) is 14.4 Å². The van der Waals surface area contributed by atoms with Gasteiger partial charge in [-0.1, -0.05) is 22.0 Å². The van der Waals surface area contributed by atoms with Crippen molar-refractivity contribution in [3.8, 4) is 0 Å². The van der Waals surface area contributed by atoms with Gasteiger partial charge in [0.25, 0.3) is 0 Å². The first kappa shape index (κ1) is 15.1. The van der Waals surface area contributed by atoms with Gasteiger partial charge < -0.3 is 10.8 Å². The average Bonchev–Trinajstić information content (AvgIpc) is 2.26. The van der Waals surface area contributed by atoms with Crippen molar-refractivity contribution in [2.24, 2.45) is 5.73 Å². The summed E-state index contributed by atoms with van der Waals surface area (Å²) in [5.74, 6) is -1.02. The van der Waals surface area contributed by atoms with E-state index in [0.717, 1.165) is 4.47 Å². The normalized spacial score (nSPS) is 13.2. The number of rotatable bonds is 4. The Morgan fingerprint density at radius 3 is 2.67 bits per heavy atom. The lowest BCUT2D eigenvalue weighted by atomic mass is 9.94. The van der Waals surface area contributed by atoms with Crippen LogP contribution >= 0.6 is 15.9 Å². The maximum Gasteiger partial charge on any atom is 0.350 e. The number of hydrogen-bond acceptors (Lipinski definition) is 4. The number of hydrogen-bond donors (Lipinski definition) is 2. The Morgan fingerprint density at radius 1 is 1.56 bits per heavy atom. The fourth-order valence-corrected chi connectivity index (χ4v) is 2.02. The third-order valence-electron chi connectivity index (χ3n) is 2.53. The molecule has 0 saturated heterocycles. The molecule has 1 aromatic rings. The lowest BCUT2D eigenvalue weighted by Gasteiger charge is -2.20. The molecule has 0 saturated carbocycles. The van der Waals surface area contributed by atoms with E-state index in [0.29, 0.717) is 11.1 Å². The zero-order valence-electron chi connectivity index (χ0n) is 10.1. The highest BCUT2D eigenvalue weighted by atomic mass is 79.9. The molecule has 0 aliphatic rings. The van der Waals surface area contributed by atoms with Gasteiger partial charge in [0.2, 0.25) is 0 Å². The van der Waals surface area contributed by atoms with Gasteiger partial charge in [-0.15, -0.1) is 0 Å². The second-order valence-corrected chi connectivity index (χ2v) is 5.51. The van der Waals surface area contributed by atoms with Crippen LogP contribution in [0.1, 0.15) is 37.4 Å². The first-order chi connectivity index (χ1) is 8.24. The molecule has 1 unspecified atom stereocenters. The van der Waals surface area contributed by atoms with E-state index in [1.807, 2.05) is 0 Å². The number of nitrogens with two attached hydrogens (primary N) is 1. The van der Waals surface area contributed by atoms with E-state index in [4.69, 9.17) is 5.73 Å². The van der Waals surface area contributed by atoms with E-state index in [-0.39, 0.29) is 6.42 Å². The minimum atomic E-state index is -1.03. The smallest absolute Gasteiger partial charge is 0.350 e. The third kappa shape index (κ3) is 4.04. The number of aliphatic hydroxyl groups is 1. The van der Waals surface area contributed by atoms with Crippen LogP contribution in [0.4, 0.5) is 4.53 Å². The number of carbonyl (C=O) groups excluding carboxylic acids is 1. The molecule has 4 nitrogen and oxygen atoms in total. The highest BCUT2D eigenvalue weighted by molar-refractivity contribution is 9.10. The van der Waals surface area contributed by atoms with Crippen LogP contribution in [0.5, 0.6) is 0 Å². The minimum Gasteiger partial charge on any atom is -0.386 e. The molecule has 0 spiro atoms. The third-order valence-corrected chi connectivity index (χ3v) is 2.99. The number of halogens is 2. The van der Waals surface area contributed by atoms with E-state index in [1.165, 1.54) is 0 Å². The van der Waals surface area contributed by atoms with Crippen LogP contribution < -0.4 is 5.73 Å². The molecule has 1 atom stereocenters. The molecule has 0 bridgehead atoms. The van der Waals surface area contributed by atoms with E-state index in [2.05, 4.69) is 20.9 Å². The Balaban J connectivity index is 3.03. The van der Waals surface area contributed by atoms with Crippen LogP contribution in [-0.4, -0.2) is 11.1 Å². The molecule has 0 amide bonds. The largest absolute Gasteiger partial charge is 0.386 e. The van der Waals surface area contributed by atoms with Crippen molar-refractivity contribution >= 4 is 21.9 Å². The van der Waals surface area contributed by atoms with Gasteiger partial charge in [-0.2, -0.15) is 0 Å². The standard InChI is InChI=1S/C12H15BrFNO3/c1-12(2,17)8-3-7(4-9(13)5-8)10(15)6-11(16)18-14/h3-5,10,17H,6,15H2,1-2H3. The number of carbonyl (C=O) groups is 1. The maximum absolute atomic E-state index is 11.7. The molecule has 0 aliphatic heterocycles. The van der Waals surface area contributed by atoms with Crippen molar-refractivity contribution < 1.29 is 19.4 Å². The quantitative estimate of drug-likeness (QED) is 0.894. The summed E-state index contributed by atoms with van der Waals surface area (Å²) in [7, 11) is 0. The predicted molar refractivity (Wildman–Crippen MR) is 68.1 cm³/mol. The van der Waals surface area contributed by atoms with Gasteiger partial charge in [-0.25, -0.2) is 4.79 Å². The lowest BCUT2D eigenvalue weighted by molar-refractivity contribution is -0.184. The summed E-state index contributed by atoms with van der Waals surface area (Å²) in [4.78, 5) is 13.9. The average molecular weight is 320 g/mol. The van der Waals surface area contributed by atoms with Crippen molar-refractivity contribution in [2.45, 2.75) is 31.9 Å². The Morgan fingerprint density at radius 2 is 2.17 bits per heavy atom. The first-order valence-corrected chi connectivity index (χ1v) is 6.13. The second kappa shape index (κ2) is 5.77. The molecule has 1 aromatic carbocycles. The second-order valence-electron chi connectivity index (χ2n) is 4.59. The highest BCUT2D eigenvalue weighted by Gasteiger charge is 2.20. The monoisotopic (exact) mass is 319 g/mol. The van der Waals surface area contributed by atoms with Crippen LogP contribution in [0.3, 0.4) is 0 Å². The summed E-state index contributed by atoms with van der Waals surface area (Å²) in [5.41, 5.74) is 6.02. The topological polar surface area (TPSA) is 72.5 Å². The maximum atomic E-state index is 11.7. The zero-order valence-corrected chi connectivity index (χ0v) is 11.7. The van der Waals surface area contributed by atoms with Crippen molar-refractivity contribution in [2.75, 3.05) is 0 Å². The molecule has 0 heterocycles. The van der Waals surface area contributed by atoms with Gasteiger partial charge in [0.1, 0.15) is 0 Å². The molecule has 0 aliphatic carbocycles. The van der Waals surface area contributed by atoms with Crippen molar-refractivity contribution in [3.05, 3.63) is 33.8 Å². The summed E-state index contributed by atoms with van der Waals surface area (Å²) >= 11 is 3.30. The Kier molecular flexibility index (Phi) is 4.84. The summed E-state index contributed by atoms with van der Waals surface area (Å²) in [6.45, 7) is 3.28. The van der Waals surface area contributed by atoms with Crippen molar-refractivity contribution in [1.29, 1.82) is 0 Å². The summed E-state index contributed by atoms with van der Waals surface area (Å²) in [6.07, 6.45) is -0.266. The van der Waals surface area contributed by atoms with Crippen molar-refractivity contribution in [1.82, 2.24) is 0 Å². The molecule has 18 heavy (non-hydrogen) atoms. The van der Waals surface area contributed by atoms with E-state index in [1.54, 1.807) is 32.0 Å². The molecule has 1 rings (SSSR count). The minimum absolute atomic E-state index is 0.266. The predicted octanol–water partition coefficient (Wildman–Crippen LogP) is 2.49. The molecule has 0 fully saturated rings. The number of benzene rings is 1. The Bertz CT molecular complexity index is 445. The van der Waals surface area contributed by atoms with Crippen LogP contribution in [0, 0.1) is 0 Å². The molecule has 100 valence electrons. The molecule has 0 radical (unpaired) electrons. The highest BCUT2D eigenvalue weighted by Crippen LogP contribution is 2.28. The summed E-state index contributed by atoms with van der Waals surface area (Å²) < 4.78 is 12.4. The Hall–Kier alpha value is -0.980. The van der Waals surface area contributed by atoms with Crippen molar-refractivity contribution in [3.63, 3.8) is 0 Å². The van der Waals surface area contributed by atoms with Crippen LogP contribution in [0.2, 0.25) is 0 Å². The van der Waals surface area contributed by atoms with Gasteiger partial charge in [-0.3, -0.25) is 4.94 Å². The Labute approximate surface area is 113 Å². The van der Waals surface area contributed by atoms with E-state index < -0.39 is 17.6 Å². The fraction of sp³-hybridized carbons (Fsp3) is 0.417. The van der Waals surface area contributed by atoms with Gasteiger partial charge in [0.05, 0.1) is 12.0 Å². The molecular weight excluding hydrogens is 305 g/mol. The van der Waals surface area contributed by atoms with Gasteiger partial charge in [0.15, 0.2) is 0 Å². The van der Waals surface area contributed by atoms with Crippen LogP contribution in [0.25, 0.3) is 0 Å². The summed E-state index contributed by atoms with van der Waals surface area (Å²) in [6, 6.07) is 4.46. The molecular formula is C12H15BrFNO3. The molecule has 3 N–H and O–H groups in total.